The first-order chi connectivity index (χ1) is 11.7. The van der Waals surface area contributed by atoms with E-state index in [4.69, 9.17) is 4.74 Å². The topological polar surface area (TPSA) is 62.4 Å². The van der Waals surface area contributed by atoms with Crippen molar-refractivity contribution in [2.75, 3.05) is 20.3 Å². The third kappa shape index (κ3) is 3.55. The van der Waals surface area contributed by atoms with Crippen molar-refractivity contribution in [3.05, 3.63) is 68.6 Å². The van der Waals surface area contributed by atoms with Crippen LogP contribution in [0.2, 0.25) is 0 Å². The van der Waals surface area contributed by atoms with Crippen molar-refractivity contribution in [3.8, 4) is 0 Å². The van der Waals surface area contributed by atoms with Crippen molar-refractivity contribution in [2.24, 2.45) is 0 Å². The van der Waals surface area contributed by atoms with Gasteiger partial charge < -0.3 is 14.6 Å². The number of aromatic amines is 1. The Kier molecular flexibility index (Phi) is 5.08. The molecule has 0 bridgehead atoms. The molecule has 0 fully saturated rings. The average molecular weight is 342 g/mol. The van der Waals surface area contributed by atoms with Gasteiger partial charge in [0.25, 0.3) is 5.91 Å². The number of benzene rings is 1. The van der Waals surface area contributed by atoms with E-state index in [-0.39, 0.29) is 11.3 Å². The standard InChI is InChI=1S/C18H18N2O3S/c1-23-9-8-20(12-13-5-4-10-24-13)18(22)16-11-17(21)14-6-2-3-7-15(14)19-16/h2-7,10-11H,8-9,12H2,1H3,(H,19,21). The number of para-hydroxylation sites is 1. The first-order valence-electron chi connectivity index (χ1n) is 7.61. The highest BCUT2D eigenvalue weighted by atomic mass is 32.1. The number of H-pyrrole nitrogens is 1. The first kappa shape index (κ1) is 16.4. The molecule has 2 aromatic heterocycles. The molecule has 124 valence electrons. The lowest BCUT2D eigenvalue weighted by molar-refractivity contribution is 0.0677. The van der Waals surface area contributed by atoms with Crippen LogP contribution in [0.3, 0.4) is 0 Å². The van der Waals surface area contributed by atoms with Gasteiger partial charge in [-0.05, 0) is 23.6 Å². The highest BCUT2D eigenvalue weighted by Gasteiger charge is 2.18. The van der Waals surface area contributed by atoms with Gasteiger partial charge in [0.05, 0.1) is 13.2 Å². The van der Waals surface area contributed by atoms with Crippen molar-refractivity contribution in [1.82, 2.24) is 9.88 Å². The van der Waals surface area contributed by atoms with Gasteiger partial charge in [-0.25, -0.2) is 0 Å². The van der Waals surface area contributed by atoms with E-state index in [2.05, 4.69) is 4.98 Å². The molecule has 0 radical (unpaired) electrons. The second kappa shape index (κ2) is 7.42. The Morgan fingerprint density at radius 2 is 2.08 bits per heavy atom. The van der Waals surface area contributed by atoms with Gasteiger partial charge in [0, 0.05) is 35.5 Å². The van der Waals surface area contributed by atoms with Gasteiger partial charge in [-0.3, -0.25) is 9.59 Å². The summed E-state index contributed by atoms with van der Waals surface area (Å²) in [5.41, 5.74) is 0.804. The van der Waals surface area contributed by atoms with Crippen molar-refractivity contribution < 1.29 is 9.53 Å². The van der Waals surface area contributed by atoms with E-state index in [1.807, 2.05) is 23.6 Å². The minimum atomic E-state index is -0.205. The molecule has 0 saturated heterocycles. The molecule has 1 aromatic carbocycles. The summed E-state index contributed by atoms with van der Waals surface area (Å²) in [7, 11) is 1.60. The van der Waals surface area contributed by atoms with Crippen LogP contribution < -0.4 is 5.43 Å². The van der Waals surface area contributed by atoms with Crippen LogP contribution in [-0.4, -0.2) is 36.1 Å². The molecule has 0 saturated carbocycles. The van der Waals surface area contributed by atoms with Crippen LogP contribution in [0.5, 0.6) is 0 Å². The fraction of sp³-hybridized carbons (Fsp3) is 0.222. The second-order valence-electron chi connectivity index (χ2n) is 5.39. The van der Waals surface area contributed by atoms with Crippen LogP contribution >= 0.6 is 11.3 Å². The number of pyridine rings is 1. The molecule has 0 spiro atoms. The smallest absolute Gasteiger partial charge is 0.270 e. The van der Waals surface area contributed by atoms with Crippen LogP contribution in [0.4, 0.5) is 0 Å². The Bertz CT molecular complexity index is 887. The molecule has 2 heterocycles. The Balaban J connectivity index is 1.92. The summed E-state index contributed by atoms with van der Waals surface area (Å²) in [6.45, 7) is 1.39. The molecule has 0 atom stereocenters. The van der Waals surface area contributed by atoms with E-state index in [9.17, 15) is 9.59 Å². The number of nitrogens with one attached hydrogen (secondary N) is 1. The molecule has 0 unspecified atom stereocenters. The third-order valence-electron chi connectivity index (χ3n) is 3.75. The molecule has 1 amide bonds. The summed E-state index contributed by atoms with van der Waals surface area (Å²) in [6.07, 6.45) is 0. The Morgan fingerprint density at radius 1 is 1.25 bits per heavy atom. The van der Waals surface area contributed by atoms with Crippen LogP contribution in [0.15, 0.2) is 52.6 Å². The highest BCUT2D eigenvalue weighted by Crippen LogP contribution is 2.15. The van der Waals surface area contributed by atoms with Gasteiger partial charge in [0.15, 0.2) is 5.43 Å². The van der Waals surface area contributed by atoms with Crippen molar-refractivity contribution in [1.29, 1.82) is 0 Å². The molecule has 3 rings (SSSR count). The van der Waals surface area contributed by atoms with Crippen molar-refractivity contribution in [2.45, 2.75) is 6.54 Å². The number of hydrogen-bond acceptors (Lipinski definition) is 4. The zero-order valence-electron chi connectivity index (χ0n) is 13.3. The van der Waals surface area contributed by atoms with E-state index in [1.54, 1.807) is 41.5 Å². The fourth-order valence-electron chi connectivity index (χ4n) is 2.53. The summed E-state index contributed by atoms with van der Waals surface area (Å²) in [4.78, 5) is 31.0. The number of amides is 1. The predicted molar refractivity (Wildman–Crippen MR) is 95.5 cm³/mol. The number of carbonyl (C=O) groups is 1. The molecular formula is C18H18N2O3S. The summed E-state index contributed by atoms with van der Waals surface area (Å²) in [6, 6.07) is 12.5. The monoisotopic (exact) mass is 342 g/mol. The van der Waals surface area contributed by atoms with E-state index in [0.29, 0.717) is 36.3 Å². The number of fused-ring (bicyclic) bond motifs is 1. The van der Waals surface area contributed by atoms with E-state index < -0.39 is 0 Å². The summed E-state index contributed by atoms with van der Waals surface area (Å²) in [5, 5.41) is 2.56. The summed E-state index contributed by atoms with van der Waals surface area (Å²) < 4.78 is 5.11. The van der Waals surface area contributed by atoms with Crippen LogP contribution in [-0.2, 0) is 11.3 Å². The molecule has 0 aliphatic heterocycles. The van der Waals surface area contributed by atoms with Crippen LogP contribution in [0, 0.1) is 0 Å². The SMILES string of the molecule is COCCN(Cc1cccs1)C(=O)c1cc(=O)c2ccccc2[nH]1. The predicted octanol–water partition coefficient (Wildman–Crippen LogP) is 2.88. The quantitative estimate of drug-likeness (QED) is 0.749. The minimum absolute atomic E-state index is 0.157. The van der Waals surface area contributed by atoms with Gasteiger partial charge in [0.1, 0.15) is 5.69 Å². The van der Waals surface area contributed by atoms with E-state index >= 15 is 0 Å². The Labute approximate surface area is 143 Å². The number of hydrogen-bond donors (Lipinski definition) is 1. The molecule has 0 aliphatic rings. The Morgan fingerprint density at radius 3 is 2.83 bits per heavy atom. The maximum atomic E-state index is 12.9. The lowest BCUT2D eigenvalue weighted by atomic mass is 10.2. The normalized spacial score (nSPS) is 10.9. The molecule has 3 aromatic rings. The largest absolute Gasteiger partial charge is 0.383 e. The van der Waals surface area contributed by atoms with Crippen LogP contribution in [0.25, 0.3) is 10.9 Å². The lowest BCUT2D eigenvalue weighted by Gasteiger charge is -2.21. The third-order valence-corrected chi connectivity index (χ3v) is 4.61. The zero-order chi connectivity index (χ0) is 16.9. The lowest BCUT2D eigenvalue weighted by Crippen LogP contribution is -2.34. The van der Waals surface area contributed by atoms with Gasteiger partial charge in [-0.15, -0.1) is 11.3 Å². The van der Waals surface area contributed by atoms with Gasteiger partial charge in [-0.1, -0.05) is 18.2 Å². The highest BCUT2D eigenvalue weighted by molar-refractivity contribution is 7.09. The number of thiophene rings is 1. The zero-order valence-corrected chi connectivity index (χ0v) is 14.1. The second-order valence-corrected chi connectivity index (χ2v) is 6.42. The molecule has 6 heteroatoms. The van der Waals surface area contributed by atoms with E-state index in [0.717, 1.165) is 4.88 Å². The number of ether oxygens (including phenoxy) is 1. The summed E-state index contributed by atoms with van der Waals surface area (Å²) in [5.74, 6) is -0.205. The maximum Gasteiger partial charge on any atom is 0.270 e. The van der Waals surface area contributed by atoms with Crippen LogP contribution in [0.1, 0.15) is 15.4 Å². The number of methoxy groups -OCH3 is 1. The molecule has 0 aliphatic carbocycles. The number of carbonyl (C=O) groups excluding carboxylic acids is 1. The fourth-order valence-corrected chi connectivity index (χ4v) is 3.25. The number of rotatable bonds is 6. The average Bonchev–Trinajstić information content (AvgIpc) is 3.11. The molecule has 5 nitrogen and oxygen atoms in total. The Hall–Kier alpha value is -2.44. The maximum absolute atomic E-state index is 12.9. The molecular weight excluding hydrogens is 324 g/mol. The minimum Gasteiger partial charge on any atom is -0.383 e. The van der Waals surface area contributed by atoms with Gasteiger partial charge in [0.2, 0.25) is 0 Å². The van der Waals surface area contributed by atoms with E-state index in [1.165, 1.54) is 6.07 Å². The summed E-state index contributed by atoms with van der Waals surface area (Å²) >= 11 is 1.60. The van der Waals surface area contributed by atoms with Crippen molar-refractivity contribution >= 4 is 28.1 Å². The molecule has 1 N–H and O–H groups in total. The number of aromatic nitrogens is 1. The number of nitrogens with zero attached hydrogens (tertiary/aromatic N) is 1. The van der Waals surface area contributed by atoms with Gasteiger partial charge >= 0.3 is 0 Å². The van der Waals surface area contributed by atoms with Crippen molar-refractivity contribution in [3.63, 3.8) is 0 Å². The first-order valence-corrected chi connectivity index (χ1v) is 8.49. The molecule has 24 heavy (non-hydrogen) atoms. The van der Waals surface area contributed by atoms with Gasteiger partial charge in [-0.2, -0.15) is 0 Å².